The second-order valence-electron chi connectivity index (χ2n) is 8.72. The number of amides is 1. The number of hydrogen-bond acceptors (Lipinski definition) is 3. The van der Waals surface area contributed by atoms with Crippen molar-refractivity contribution in [3.05, 3.63) is 71.5 Å². The minimum atomic E-state index is -0.458. The number of likely N-dealkylation sites (tertiary alicyclic amines) is 2. The van der Waals surface area contributed by atoms with E-state index in [1.54, 1.807) is 12.1 Å². The number of carbonyl (C=O) groups is 1. The summed E-state index contributed by atoms with van der Waals surface area (Å²) in [5.41, 5.74) is 1.92. The fourth-order valence-electron chi connectivity index (χ4n) is 4.91. The van der Waals surface area contributed by atoms with E-state index in [0.29, 0.717) is 19.6 Å². The van der Waals surface area contributed by atoms with Crippen molar-refractivity contribution in [3.8, 4) is 0 Å². The topological polar surface area (TPSA) is 43.8 Å². The van der Waals surface area contributed by atoms with Crippen molar-refractivity contribution in [2.75, 3.05) is 26.2 Å². The van der Waals surface area contributed by atoms with Crippen LogP contribution in [0.2, 0.25) is 0 Å². The monoisotopic (exact) mass is 410 g/mol. The number of piperidine rings is 2. The molecule has 0 bridgehead atoms. The van der Waals surface area contributed by atoms with Crippen LogP contribution >= 0.6 is 0 Å². The van der Waals surface area contributed by atoms with E-state index >= 15 is 0 Å². The van der Waals surface area contributed by atoms with Gasteiger partial charge in [0.2, 0.25) is 5.91 Å². The molecule has 2 heterocycles. The second-order valence-corrected chi connectivity index (χ2v) is 8.72. The summed E-state index contributed by atoms with van der Waals surface area (Å²) < 4.78 is 13.5. The van der Waals surface area contributed by atoms with Gasteiger partial charge in [0.15, 0.2) is 0 Å². The molecule has 2 unspecified atom stereocenters. The Balaban J connectivity index is 1.29. The van der Waals surface area contributed by atoms with Crippen molar-refractivity contribution < 1.29 is 14.3 Å². The Morgan fingerprint density at radius 2 is 1.80 bits per heavy atom. The molecule has 0 spiro atoms. The molecule has 0 aromatic heterocycles. The predicted molar refractivity (Wildman–Crippen MR) is 115 cm³/mol. The highest BCUT2D eigenvalue weighted by atomic mass is 19.1. The van der Waals surface area contributed by atoms with Crippen LogP contribution in [0.5, 0.6) is 0 Å². The van der Waals surface area contributed by atoms with Gasteiger partial charge in [0.25, 0.3) is 0 Å². The van der Waals surface area contributed by atoms with Gasteiger partial charge in [-0.05, 0) is 61.4 Å². The predicted octanol–water partition coefficient (Wildman–Crippen LogP) is 4.01. The molecule has 4 nitrogen and oxygen atoms in total. The average molecular weight is 411 g/mol. The molecule has 2 atom stereocenters. The Morgan fingerprint density at radius 3 is 2.53 bits per heavy atom. The number of hydrogen-bond donors (Lipinski definition) is 1. The largest absolute Gasteiger partial charge is 0.388 e. The first-order chi connectivity index (χ1) is 14.6. The van der Waals surface area contributed by atoms with E-state index in [2.05, 4.69) is 4.90 Å². The molecule has 2 saturated heterocycles. The standard InChI is InChI=1S/C25H31FN2O2/c26-23-10-4-6-19(16-23)17-27-13-5-9-22(18-27)25(30)28-14-11-21(12-15-28)24(29)20-7-2-1-3-8-20/h1-4,6-8,10,16,21-22,24,29H,5,9,11-15,17-18H2. The molecular weight excluding hydrogens is 379 g/mol. The lowest BCUT2D eigenvalue weighted by Crippen LogP contribution is -2.47. The van der Waals surface area contributed by atoms with Gasteiger partial charge in [-0.2, -0.15) is 0 Å². The summed E-state index contributed by atoms with van der Waals surface area (Å²) in [5.74, 6) is 0.250. The third-order valence-corrected chi connectivity index (χ3v) is 6.59. The number of carbonyl (C=O) groups excluding carboxylic acids is 1. The first kappa shape index (κ1) is 21.0. The molecule has 160 valence electrons. The van der Waals surface area contributed by atoms with Crippen LogP contribution in [0.1, 0.15) is 42.9 Å². The van der Waals surface area contributed by atoms with Gasteiger partial charge in [0, 0.05) is 26.2 Å². The van der Waals surface area contributed by atoms with Crippen molar-refractivity contribution in [1.29, 1.82) is 0 Å². The van der Waals surface area contributed by atoms with Gasteiger partial charge in [0.05, 0.1) is 12.0 Å². The van der Waals surface area contributed by atoms with E-state index in [4.69, 9.17) is 0 Å². The van der Waals surface area contributed by atoms with Crippen molar-refractivity contribution >= 4 is 5.91 Å². The van der Waals surface area contributed by atoms with E-state index in [9.17, 15) is 14.3 Å². The maximum Gasteiger partial charge on any atom is 0.226 e. The molecule has 0 radical (unpaired) electrons. The Bertz CT molecular complexity index is 836. The summed E-state index contributed by atoms with van der Waals surface area (Å²) in [4.78, 5) is 17.4. The molecule has 1 amide bonds. The number of aliphatic hydroxyl groups is 1. The molecule has 2 aromatic rings. The van der Waals surface area contributed by atoms with Gasteiger partial charge in [0.1, 0.15) is 5.82 Å². The van der Waals surface area contributed by atoms with E-state index in [1.165, 1.54) is 6.07 Å². The van der Waals surface area contributed by atoms with Gasteiger partial charge in [-0.15, -0.1) is 0 Å². The van der Waals surface area contributed by atoms with Crippen LogP contribution in [0.15, 0.2) is 54.6 Å². The Labute approximate surface area is 178 Å². The van der Waals surface area contributed by atoms with Crippen molar-refractivity contribution in [2.24, 2.45) is 11.8 Å². The third-order valence-electron chi connectivity index (χ3n) is 6.59. The normalized spacial score (nSPS) is 22.1. The molecule has 1 N–H and O–H groups in total. The summed E-state index contributed by atoms with van der Waals surface area (Å²) in [5, 5.41) is 10.7. The van der Waals surface area contributed by atoms with E-state index in [1.807, 2.05) is 41.3 Å². The fourth-order valence-corrected chi connectivity index (χ4v) is 4.91. The summed E-state index contributed by atoms with van der Waals surface area (Å²) >= 11 is 0. The van der Waals surface area contributed by atoms with Gasteiger partial charge >= 0.3 is 0 Å². The summed E-state index contributed by atoms with van der Waals surface area (Å²) in [6.07, 6.45) is 3.13. The van der Waals surface area contributed by atoms with Crippen LogP contribution in [-0.2, 0) is 11.3 Å². The average Bonchev–Trinajstić information content (AvgIpc) is 2.79. The van der Waals surface area contributed by atoms with Gasteiger partial charge in [-0.1, -0.05) is 42.5 Å². The summed E-state index contributed by atoms with van der Waals surface area (Å²) in [6.45, 7) is 3.81. The molecule has 2 aliphatic heterocycles. The minimum Gasteiger partial charge on any atom is -0.388 e. The van der Waals surface area contributed by atoms with Crippen LogP contribution in [0.25, 0.3) is 0 Å². The molecule has 2 aliphatic rings. The molecule has 0 aliphatic carbocycles. The molecular formula is C25H31FN2O2. The number of nitrogens with zero attached hydrogens (tertiary/aromatic N) is 2. The summed E-state index contributed by atoms with van der Waals surface area (Å²) in [7, 11) is 0. The zero-order chi connectivity index (χ0) is 20.9. The minimum absolute atomic E-state index is 0.0166. The quantitative estimate of drug-likeness (QED) is 0.810. The lowest BCUT2D eigenvalue weighted by molar-refractivity contribution is -0.139. The fraction of sp³-hybridized carbons (Fsp3) is 0.480. The lowest BCUT2D eigenvalue weighted by atomic mass is 9.86. The summed E-state index contributed by atoms with van der Waals surface area (Å²) in [6, 6.07) is 16.5. The van der Waals surface area contributed by atoms with E-state index in [-0.39, 0.29) is 23.6 Å². The van der Waals surface area contributed by atoms with Crippen LogP contribution in [0.4, 0.5) is 4.39 Å². The van der Waals surface area contributed by atoms with Crippen LogP contribution < -0.4 is 0 Å². The maximum absolute atomic E-state index is 13.5. The first-order valence-electron chi connectivity index (χ1n) is 11.1. The van der Waals surface area contributed by atoms with E-state index in [0.717, 1.165) is 49.9 Å². The Morgan fingerprint density at radius 1 is 1.03 bits per heavy atom. The van der Waals surface area contributed by atoms with Crippen molar-refractivity contribution in [1.82, 2.24) is 9.80 Å². The van der Waals surface area contributed by atoms with Crippen molar-refractivity contribution in [3.63, 3.8) is 0 Å². The highest BCUT2D eigenvalue weighted by molar-refractivity contribution is 5.79. The smallest absolute Gasteiger partial charge is 0.226 e. The van der Waals surface area contributed by atoms with Crippen LogP contribution in [0.3, 0.4) is 0 Å². The SMILES string of the molecule is O=C(C1CCCN(Cc2cccc(F)c2)C1)N1CCC(C(O)c2ccccc2)CC1. The Kier molecular flexibility index (Phi) is 6.80. The number of benzene rings is 2. The second kappa shape index (κ2) is 9.71. The van der Waals surface area contributed by atoms with Crippen LogP contribution in [0, 0.1) is 17.7 Å². The van der Waals surface area contributed by atoms with Crippen LogP contribution in [-0.4, -0.2) is 47.0 Å². The number of aliphatic hydroxyl groups excluding tert-OH is 1. The molecule has 2 fully saturated rings. The maximum atomic E-state index is 13.5. The highest BCUT2D eigenvalue weighted by Crippen LogP contribution is 2.31. The molecule has 30 heavy (non-hydrogen) atoms. The van der Waals surface area contributed by atoms with E-state index < -0.39 is 6.10 Å². The molecule has 2 aromatic carbocycles. The zero-order valence-electron chi connectivity index (χ0n) is 17.4. The molecule has 4 rings (SSSR count). The first-order valence-corrected chi connectivity index (χ1v) is 11.1. The molecule has 5 heteroatoms. The lowest BCUT2D eigenvalue weighted by Gasteiger charge is -2.38. The third kappa shape index (κ3) is 5.08. The van der Waals surface area contributed by atoms with Gasteiger partial charge < -0.3 is 10.0 Å². The molecule has 0 saturated carbocycles. The van der Waals surface area contributed by atoms with Gasteiger partial charge in [-0.3, -0.25) is 9.69 Å². The zero-order valence-corrected chi connectivity index (χ0v) is 17.4. The number of halogens is 1. The number of rotatable bonds is 5. The van der Waals surface area contributed by atoms with Crippen molar-refractivity contribution in [2.45, 2.75) is 38.3 Å². The highest BCUT2D eigenvalue weighted by Gasteiger charge is 2.33. The van der Waals surface area contributed by atoms with Gasteiger partial charge in [-0.25, -0.2) is 4.39 Å². The Hall–Kier alpha value is -2.24.